The van der Waals surface area contributed by atoms with Gasteiger partial charge < -0.3 is 10.1 Å². The van der Waals surface area contributed by atoms with Gasteiger partial charge in [0.25, 0.3) is 0 Å². The second-order valence-electron chi connectivity index (χ2n) is 4.86. The monoisotopic (exact) mass is 322 g/mol. The number of aromatic nitrogens is 1. The van der Waals surface area contributed by atoms with Crippen LogP contribution in [-0.2, 0) is 14.9 Å². The van der Waals surface area contributed by atoms with Gasteiger partial charge in [0.2, 0.25) is 5.91 Å². The minimum atomic E-state index is -0.631. The Bertz CT molecular complexity index is 743. The smallest absolute Gasteiger partial charge is 0.239 e. The highest BCUT2D eigenvalue weighted by Gasteiger charge is 2.53. The van der Waals surface area contributed by atoms with Crippen molar-refractivity contribution in [3.8, 4) is 0 Å². The summed E-state index contributed by atoms with van der Waals surface area (Å²) in [6, 6.07) is 3.05. The molecule has 1 N–H and O–H groups in total. The average Bonchev–Trinajstić information content (AvgIpc) is 2.63. The Morgan fingerprint density at radius 1 is 1.42 bits per heavy atom. The predicted octanol–water partition coefficient (Wildman–Crippen LogP) is 2.36. The van der Waals surface area contributed by atoms with Crippen LogP contribution < -0.4 is 5.32 Å². The third-order valence-electron chi connectivity index (χ3n) is 3.77. The zero-order valence-electron chi connectivity index (χ0n) is 9.67. The molecule has 0 saturated carbocycles. The molecule has 2 aliphatic heterocycles. The Labute approximate surface area is 116 Å². The van der Waals surface area contributed by atoms with Gasteiger partial charge in [-0.25, -0.2) is 4.39 Å². The molecule has 1 amide bonds. The molecule has 2 aromatic rings. The predicted molar refractivity (Wildman–Crippen MR) is 70.5 cm³/mol. The number of amides is 1. The molecule has 1 spiro atoms. The molecule has 0 radical (unpaired) electrons. The van der Waals surface area contributed by atoms with E-state index in [9.17, 15) is 9.18 Å². The molecule has 19 heavy (non-hydrogen) atoms. The van der Waals surface area contributed by atoms with Crippen LogP contribution in [0, 0.1) is 5.82 Å². The van der Waals surface area contributed by atoms with Crippen molar-refractivity contribution >= 4 is 38.4 Å². The summed E-state index contributed by atoms with van der Waals surface area (Å²) in [6.07, 6.45) is 1.58. The number of rotatable bonds is 0. The van der Waals surface area contributed by atoms with E-state index in [1.807, 2.05) is 0 Å². The van der Waals surface area contributed by atoms with Crippen molar-refractivity contribution < 1.29 is 13.9 Å². The van der Waals surface area contributed by atoms with E-state index in [-0.39, 0.29) is 11.7 Å². The van der Waals surface area contributed by atoms with Crippen molar-refractivity contribution in [3.63, 3.8) is 0 Å². The molecule has 1 aromatic heterocycles. The lowest BCUT2D eigenvalue weighted by molar-refractivity contribution is -0.137. The molecule has 0 atom stereocenters. The minimum absolute atomic E-state index is 0.0662. The van der Waals surface area contributed by atoms with Crippen LogP contribution in [0.1, 0.15) is 5.56 Å². The number of anilines is 1. The molecule has 0 unspecified atom stereocenters. The van der Waals surface area contributed by atoms with Gasteiger partial charge in [0, 0.05) is 17.0 Å². The highest BCUT2D eigenvalue weighted by Crippen LogP contribution is 2.46. The van der Waals surface area contributed by atoms with Gasteiger partial charge in [0.05, 0.1) is 35.1 Å². The highest BCUT2D eigenvalue weighted by molar-refractivity contribution is 9.10. The fraction of sp³-hybridized carbons (Fsp3) is 0.231. The van der Waals surface area contributed by atoms with Crippen LogP contribution >= 0.6 is 15.9 Å². The van der Waals surface area contributed by atoms with E-state index in [0.29, 0.717) is 28.9 Å². The normalized spacial score (nSPS) is 19.4. The maximum atomic E-state index is 13.6. The van der Waals surface area contributed by atoms with E-state index < -0.39 is 5.41 Å². The zero-order chi connectivity index (χ0) is 13.2. The van der Waals surface area contributed by atoms with E-state index in [0.717, 1.165) is 10.9 Å². The number of nitrogens with zero attached hydrogens (tertiary/aromatic N) is 1. The van der Waals surface area contributed by atoms with Gasteiger partial charge in [0.15, 0.2) is 0 Å². The summed E-state index contributed by atoms with van der Waals surface area (Å²) in [7, 11) is 0. The van der Waals surface area contributed by atoms with Gasteiger partial charge >= 0.3 is 0 Å². The lowest BCUT2D eigenvalue weighted by atomic mass is 9.78. The second kappa shape index (κ2) is 3.52. The fourth-order valence-electron chi connectivity index (χ4n) is 2.73. The minimum Gasteiger partial charge on any atom is -0.378 e. The molecular formula is C13H8BrFN2O2. The van der Waals surface area contributed by atoms with Crippen LogP contribution in [0.5, 0.6) is 0 Å². The van der Waals surface area contributed by atoms with Crippen LogP contribution in [0.2, 0.25) is 0 Å². The number of benzene rings is 1. The van der Waals surface area contributed by atoms with Gasteiger partial charge in [-0.05, 0) is 22.0 Å². The SMILES string of the molecule is O=C1Nc2cnc3cc(F)c(Br)cc3c2C12COC2. The highest BCUT2D eigenvalue weighted by atomic mass is 79.9. The van der Waals surface area contributed by atoms with Crippen molar-refractivity contribution in [1.82, 2.24) is 4.98 Å². The lowest BCUT2D eigenvalue weighted by Crippen LogP contribution is -2.51. The molecule has 6 heteroatoms. The number of hydrogen-bond donors (Lipinski definition) is 1. The van der Waals surface area contributed by atoms with Crippen molar-refractivity contribution in [2.75, 3.05) is 18.5 Å². The Hall–Kier alpha value is -1.53. The summed E-state index contributed by atoms with van der Waals surface area (Å²) in [4.78, 5) is 16.3. The number of pyridine rings is 1. The molecule has 4 rings (SSSR count). The van der Waals surface area contributed by atoms with E-state index in [1.54, 1.807) is 12.3 Å². The third-order valence-corrected chi connectivity index (χ3v) is 4.38. The summed E-state index contributed by atoms with van der Waals surface area (Å²) < 4.78 is 19.2. The summed E-state index contributed by atoms with van der Waals surface area (Å²) in [5, 5.41) is 3.61. The molecule has 1 aromatic carbocycles. The first-order valence-corrected chi connectivity index (χ1v) is 6.58. The Morgan fingerprint density at radius 3 is 2.89 bits per heavy atom. The van der Waals surface area contributed by atoms with E-state index in [2.05, 4.69) is 26.2 Å². The van der Waals surface area contributed by atoms with Crippen molar-refractivity contribution in [2.24, 2.45) is 0 Å². The number of ether oxygens (including phenoxy) is 1. The second-order valence-corrected chi connectivity index (χ2v) is 5.71. The molecule has 0 bridgehead atoms. The first-order valence-electron chi connectivity index (χ1n) is 5.79. The maximum absolute atomic E-state index is 13.6. The molecular weight excluding hydrogens is 315 g/mol. The van der Waals surface area contributed by atoms with Gasteiger partial charge in [-0.1, -0.05) is 0 Å². The molecule has 0 aliphatic carbocycles. The number of nitrogens with one attached hydrogen (secondary N) is 1. The van der Waals surface area contributed by atoms with Gasteiger partial charge in [-0.3, -0.25) is 9.78 Å². The summed E-state index contributed by atoms with van der Waals surface area (Å²) in [5.41, 5.74) is 1.48. The number of fused-ring (bicyclic) bond motifs is 4. The van der Waals surface area contributed by atoms with E-state index >= 15 is 0 Å². The molecule has 96 valence electrons. The summed E-state index contributed by atoms with van der Waals surface area (Å²) >= 11 is 3.18. The van der Waals surface area contributed by atoms with Crippen molar-refractivity contribution in [1.29, 1.82) is 0 Å². The molecule has 4 nitrogen and oxygen atoms in total. The van der Waals surface area contributed by atoms with Gasteiger partial charge in [-0.15, -0.1) is 0 Å². The lowest BCUT2D eigenvalue weighted by Gasteiger charge is -2.36. The van der Waals surface area contributed by atoms with Crippen LogP contribution in [0.4, 0.5) is 10.1 Å². The van der Waals surface area contributed by atoms with Gasteiger partial charge in [-0.2, -0.15) is 0 Å². The van der Waals surface area contributed by atoms with E-state index in [4.69, 9.17) is 4.74 Å². The number of carbonyl (C=O) groups is 1. The molecule has 3 heterocycles. The first-order chi connectivity index (χ1) is 9.12. The zero-order valence-corrected chi connectivity index (χ0v) is 11.3. The Morgan fingerprint density at radius 2 is 2.21 bits per heavy atom. The molecule has 1 saturated heterocycles. The number of hydrogen-bond acceptors (Lipinski definition) is 3. The first kappa shape index (κ1) is 11.3. The fourth-order valence-corrected chi connectivity index (χ4v) is 3.08. The largest absolute Gasteiger partial charge is 0.378 e. The van der Waals surface area contributed by atoms with Crippen LogP contribution in [0.3, 0.4) is 0 Å². The standard InChI is InChI=1S/C13H8BrFN2O2/c14-7-1-6-9(2-8(7)15)16-3-10-11(6)13(4-19-5-13)12(18)17-10/h1-3H,4-5H2,(H,17,18). The van der Waals surface area contributed by atoms with Gasteiger partial charge in [0.1, 0.15) is 11.2 Å². The quantitative estimate of drug-likeness (QED) is 0.810. The van der Waals surface area contributed by atoms with Crippen LogP contribution in [0.15, 0.2) is 22.8 Å². The molecule has 1 fully saturated rings. The summed E-state index contributed by atoms with van der Waals surface area (Å²) in [5.74, 6) is -0.431. The van der Waals surface area contributed by atoms with Crippen LogP contribution in [-0.4, -0.2) is 24.1 Å². The Balaban J connectivity index is 2.10. The Kier molecular flexibility index (Phi) is 2.09. The maximum Gasteiger partial charge on any atom is 0.239 e. The van der Waals surface area contributed by atoms with Crippen molar-refractivity contribution in [2.45, 2.75) is 5.41 Å². The van der Waals surface area contributed by atoms with E-state index in [1.165, 1.54) is 6.07 Å². The molecule has 2 aliphatic rings. The number of halogens is 2. The topological polar surface area (TPSA) is 51.2 Å². The number of carbonyl (C=O) groups excluding carboxylic acids is 1. The summed E-state index contributed by atoms with van der Waals surface area (Å²) in [6.45, 7) is 0.722. The third kappa shape index (κ3) is 1.30. The average molecular weight is 323 g/mol. The van der Waals surface area contributed by atoms with Crippen molar-refractivity contribution in [3.05, 3.63) is 34.2 Å². The van der Waals surface area contributed by atoms with Crippen LogP contribution in [0.25, 0.3) is 10.9 Å².